The number of tetrazole rings is 1. The van der Waals surface area contributed by atoms with Gasteiger partial charge in [0.2, 0.25) is 11.1 Å². The third-order valence-electron chi connectivity index (χ3n) is 3.49. The Kier molecular flexibility index (Phi) is 5.89. The van der Waals surface area contributed by atoms with Crippen molar-refractivity contribution >= 4 is 39.3 Å². The maximum absolute atomic E-state index is 12.3. The Balaban J connectivity index is 1.69. The lowest BCUT2D eigenvalue weighted by Gasteiger charge is -2.09. The van der Waals surface area contributed by atoms with Crippen LogP contribution in [0.4, 0.5) is 5.69 Å². The average Bonchev–Trinajstić information content (AvgIpc) is 3.10. The summed E-state index contributed by atoms with van der Waals surface area (Å²) in [5.74, 6) is 0.680. The number of nitrogens with one attached hydrogen (secondary N) is 1. The molecule has 0 aliphatic rings. The minimum Gasteiger partial charge on any atom is -0.494 e. The van der Waals surface area contributed by atoms with E-state index in [0.717, 1.165) is 15.7 Å². The number of hydrogen-bond acceptors (Lipinski definition) is 6. The molecule has 1 N–H and O–H groups in total. The zero-order valence-corrected chi connectivity index (χ0v) is 16.5. The molecular formula is C17H16BrN5O2S. The molecule has 134 valence electrons. The summed E-state index contributed by atoms with van der Waals surface area (Å²) in [4.78, 5) is 12.3. The lowest BCUT2D eigenvalue weighted by atomic mass is 10.2. The Morgan fingerprint density at radius 1 is 1.31 bits per heavy atom. The van der Waals surface area contributed by atoms with Gasteiger partial charge in [0.25, 0.3) is 0 Å². The van der Waals surface area contributed by atoms with Crippen LogP contribution in [0.25, 0.3) is 5.69 Å². The van der Waals surface area contributed by atoms with E-state index in [4.69, 9.17) is 4.74 Å². The summed E-state index contributed by atoms with van der Waals surface area (Å²) in [5, 5.41) is 15.1. The van der Waals surface area contributed by atoms with Gasteiger partial charge in [-0.1, -0.05) is 30.0 Å². The van der Waals surface area contributed by atoms with Crippen molar-refractivity contribution in [2.75, 3.05) is 18.2 Å². The molecule has 0 radical (unpaired) electrons. The third kappa shape index (κ3) is 4.23. The van der Waals surface area contributed by atoms with Gasteiger partial charge in [-0.25, -0.2) is 0 Å². The third-order valence-corrected chi connectivity index (χ3v) is 5.06. The Bertz CT molecular complexity index is 931. The molecule has 0 aliphatic carbocycles. The molecule has 1 heterocycles. The standard InChI is InChI=1S/C17H16BrN5O2S/c1-11-7-8-13(12(18)9-11)19-16(24)10-26-17-20-21-22-23(17)14-5-3-4-6-15(14)25-2/h3-9H,10H2,1-2H3,(H,19,24). The van der Waals surface area contributed by atoms with Crippen LogP contribution in [0.15, 0.2) is 52.1 Å². The van der Waals surface area contributed by atoms with Crippen molar-refractivity contribution in [2.45, 2.75) is 12.1 Å². The fraction of sp³-hybridized carbons (Fsp3) is 0.176. The zero-order valence-electron chi connectivity index (χ0n) is 14.1. The second-order valence-corrected chi connectivity index (χ2v) is 7.16. The number of thioether (sulfide) groups is 1. The second kappa shape index (κ2) is 8.33. The minimum absolute atomic E-state index is 0.144. The number of halogens is 1. The molecule has 0 atom stereocenters. The number of anilines is 1. The van der Waals surface area contributed by atoms with Gasteiger partial charge in [-0.05, 0) is 63.1 Å². The first-order chi connectivity index (χ1) is 12.6. The van der Waals surface area contributed by atoms with Crippen LogP contribution in [0.5, 0.6) is 5.75 Å². The second-order valence-electron chi connectivity index (χ2n) is 5.37. The number of para-hydroxylation sites is 2. The molecular weight excluding hydrogens is 418 g/mol. The molecule has 7 nitrogen and oxygen atoms in total. The van der Waals surface area contributed by atoms with E-state index in [9.17, 15) is 4.79 Å². The molecule has 1 aromatic heterocycles. The lowest BCUT2D eigenvalue weighted by Crippen LogP contribution is -2.15. The Hall–Kier alpha value is -2.39. The molecule has 26 heavy (non-hydrogen) atoms. The quantitative estimate of drug-likeness (QED) is 0.599. The molecule has 0 spiro atoms. The van der Waals surface area contributed by atoms with E-state index in [1.807, 2.05) is 49.4 Å². The Morgan fingerprint density at radius 2 is 2.12 bits per heavy atom. The maximum Gasteiger partial charge on any atom is 0.234 e. The highest BCUT2D eigenvalue weighted by molar-refractivity contribution is 9.10. The molecule has 1 amide bonds. The average molecular weight is 434 g/mol. The van der Waals surface area contributed by atoms with Crippen LogP contribution in [0.3, 0.4) is 0 Å². The van der Waals surface area contributed by atoms with Crippen LogP contribution in [0.1, 0.15) is 5.56 Å². The number of hydrogen-bond donors (Lipinski definition) is 1. The summed E-state index contributed by atoms with van der Waals surface area (Å²) in [6, 6.07) is 13.2. The van der Waals surface area contributed by atoms with Crippen molar-refractivity contribution < 1.29 is 9.53 Å². The normalized spacial score (nSPS) is 10.6. The smallest absolute Gasteiger partial charge is 0.234 e. The van der Waals surface area contributed by atoms with E-state index in [-0.39, 0.29) is 11.7 Å². The topological polar surface area (TPSA) is 81.9 Å². The summed E-state index contributed by atoms with van der Waals surface area (Å²) in [7, 11) is 1.59. The first-order valence-electron chi connectivity index (χ1n) is 7.69. The van der Waals surface area contributed by atoms with E-state index in [1.165, 1.54) is 11.8 Å². The van der Waals surface area contributed by atoms with Crippen molar-refractivity contribution in [3.05, 3.63) is 52.5 Å². The minimum atomic E-state index is -0.144. The number of carbonyl (C=O) groups is 1. The number of ether oxygens (including phenoxy) is 1. The van der Waals surface area contributed by atoms with Gasteiger partial charge in [0, 0.05) is 4.47 Å². The van der Waals surface area contributed by atoms with Crippen LogP contribution < -0.4 is 10.1 Å². The molecule has 3 aromatic rings. The van der Waals surface area contributed by atoms with Crippen molar-refractivity contribution in [2.24, 2.45) is 0 Å². The number of nitrogens with zero attached hydrogens (tertiary/aromatic N) is 4. The van der Waals surface area contributed by atoms with Crippen LogP contribution in [-0.4, -0.2) is 39.0 Å². The highest BCUT2D eigenvalue weighted by Crippen LogP contribution is 2.26. The number of aryl methyl sites for hydroxylation is 1. The summed E-state index contributed by atoms with van der Waals surface area (Å²) in [5.41, 5.74) is 2.55. The number of methoxy groups -OCH3 is 1. The number of benzene rings is 2. The summed E-state index contributed by atoms with van der Waals surface area (Å²) >= 11 is 4.70. The van der Waals surface area contributed by atoms with E-state index in [2.05, 4.69) is 36.8 Å². The zero-order chi connectivity index (χ0) is 18.5. The van der Waals surface area contributed by atoms with E-state index < -0.39 is 0 Å². The van der Waals surface area contributed by atoms with Crippen molar-refractivity contribution in [3.8, 4) is 11.4 Å². The highest BCUT2D eigenvalue weighted by Gasteiger charge is 2.15. The molecule has 0 bridgehead atoms. The molecule has 0 unspecified atom stereocenters. The van der Waals surface area contributed by atoms with Crippen molar-refractivity contribution in [3.63, 3.8) is 0 Å². The molecule has 0 aliphatic heterocycles. The van der Waals surface area contributed by atoms with Gasteiger partial charge in [0.15, 0.2) is 0 Å². The van der Waals surface area contributed by atoms with Crippen LogP contribution >= 0.6 is 27.7 Å². The molecule has 0 saturated heterocycles. The largest absolute Gasteiger partial charge is 0.494 e. The predicted octanol–water partition coefficient (Wildman–Crippen LogP) is 3.47. The molecule has 3 rings (SSSR count). The van der Waals surface area contributed by atoms with E-state index in [0.29, 0.717) is 16.6 Å². The Morgan fingerprint density at radius 3 is 2.88 bits per heavy atom. The van der Waals surface area contributed by atoms with Gasteiger partial charge in [-0.3, -0.25) is 4.79 Å². The Labute approximate surface area is 163 Å². The summed E-state index contributed by atoms with van der Waals surface area (Å²) < 4.78 is 7.74. The van der Waals surface area contributed by atoms with Crippen LogP contribution in [-0.2, 0) is 4.79 Å². The molecule has 9 heteroatoms. The van der Waals surface area contributed by atoms with Gasteiger partial charge >= 0.3 is 0 Å². The van der Waals surface area contributed by atoms with Crippen LogP contribution in [0.2, 0.25) is 0 Å². The van der Waals surface area contributed by atoms with Gasteiger partial charge in [0.1, 0.15) is 11.4 Å². The lowest BCUT2D eigenvalue weighted by molar-refractivity contribution is -0.113. The first kappa shape index (κ1) is 18.4. The van der Waals surface area contributed by atoms with Gasteiger partial charge in [-0.2, -0.15) is 4.68 Å². The summed E-state index contributed by atoms with van der Waals surface area (Å²) in [6.07, 6.45) is 0. The van der Waals surface area contributed by atoms with Gasteiger partial charge < -0.3 is 10.1 Å². The maximum atomic E-state index is 12.3. The van der Waals surface area contributed by atoms with Gasteiger partial charge in [0.05, 0.1) is 18.6 Å². The molecule has 0 fully saturated rings. The fourth-order valence-electron chi connectivity index (χ4n) is 2.26. The molecule has 0 saturated carbocycles. The first-order valence-corrected chi connectivity index (χ1v) is 9.47. The predicted molar refractivity (Wildman–Crippen MR) is 104 cm³/mol. The van der Waals surface area contributed by atoms with E-state index in [1.54, 1.807) is 11.8 Å². The monoisotopic (exact) mass is 433 g/mol. The fourth-order valence-corrected chi connectivity index (χ4v) is 3.54. The number of aromatic nitrogens is 4. The van der Waals surface area contributed by atoms with E-state index >= 15 is 0 Å². The van der Waals surface area contributed by atoms with Crippen molar-refractivity contribution in [1.82, 2.24) is 20.2 Å². The number of carbonyl (C=O) groups excluding carboxylic acids is 1. The van der Waals surface area contributed by atoms with Gasteiger partial charge in [-0.15, -0.1) is 5.10 Å². The SMILES string of the molecule is COc1ccccc1-n1nnnc1SCC(=O)Nc1ccc(C)cc1Br. The number of rotatable bonds is 6. The summed E-state index contributed by atoms with van der Waals surface area (Å²) in [6.45, 7) is 1.99. The number of amides is 1. The van der Waals surface area contributed by atoms with Crippen molar-refractivity contribution in [1.29, 1.82) is 0 Å². The molecule has 2 aromatic carbocycles. The highest BCUT2D eigenvalue weighted by atomic mass is 79.9. The van der Waals surface area contributed by atoms with Crippen LogP contribution in [0, 0.1) is 6.92 Å².